The molecule has 0 unspecified atom stereocenters. The minimum atomic E-state index is 0.532. The zero-order chi connectivity index (χ0) is 24.5. The van der Waals surface area contributed by atoms with Crippen LogP contribution in [-0.4, -0.2) is 41.2 Å². The van der Waals surface area contributed by atoms with Gasteiger partial charge in [-0.2, -0.15) is 5.10 Å². The van der Waals surface area contributed by atoms with Crippen LogP contribution in [0.15, 0.2) is 42.9 Å². The number of hydrogen-bond acceptors (Lipinski definition) is 6. The van der Waals surface area contributed by atoms with E-state index < -0.39 is 0 Å². The Labute approximate surface area is 202 Å². The van der Waals surface area contributed by atoms with Gasteiger partial charge in [0.2, 0.25) is 0 Å². The first-order chi connectivity index (χ1) is 16.6. The number of nitrogens with zero attached hydrogens (tertiary/aromatic N) is 3. The standard InChI is InChI=1S/C25H30N6O.C2H6/c1-17-22(10-11-26-2)23(16-32)25(30-24(17)20-14-28-31(3)15-20)29-21-6-4-18(5-7-21)19-8-12-27-13-9-19;1-2/h4-7,10-11,14-16,19,26-27H,8-9,12-13H2,1-3H3,(H,29,30);1-2H3/b11-10-;. The summed E-state index contributed by atoms with van der Waals surface area (Å²) in [7, 11) is 3.71. The lowest BCUT2D eigenvalue weighted by molar-refractivity contribution is 0.112. The van der Waals surface area contributed by atoms with Gasteiger partial charge in [0.25, 0.3) is 0 Å². The molecule has 3 heterocycles. The molecule has 1 saturated heterocycles. The van der Waals surface area contributed by atoms with E-state index in [0.717, 1.165) is 60.3 Å². The molecule has 1 aromatic carbocycles. The fourth-order valence-electron chi connectivity index (χ4n) is 4.26. The summed E-state index contributed by atoms with van der Waals surface area (Å²) in [6, 6.07) is 8.49. The van der Waals surface area contributed by atoms with Gasteiger partial charge in [0.05, 0.1) is 17.5 Å². The summed E-state index contributed by atoms with van der Waals surface area (Å²) >= 11 is 0. The Hall–Kier alpha value is -3.45. The molecule has 1 fully saturated rings. The van der Waals surface area contributed by atoms with Gasteiger partial charge >= 0.3 is 0 Å². The fourth-order valence-corrected chi connectivity index (χ4v) is 4.26. The zero-order valence-corrected chi connectivity index (χ0v) is 20.9. The van der Waals surface area contributed by atoms with E-state index in [1.807, 2.05) is 53.3 Å². The first-order valence-electron chi connectivity index (χ1n) is 12.0. The summed E-state index contributed by atoms with van der Waals surface area (Å²) in [4.78, 5) is 17.0. The van der Waals surface area contributed by atoms with Crippen molar-refractivity contribution < 1.29 is 4.79 Å². The average molecular weight is 461 g/mol. The number of aryl methyl sites for hydroxylation is 1. The molecule has 1 aliphatic rings. The molecule has 0 aliphatic carbocycles. The predicted molar refractivity (Wildman–Crippen MR) is 141 cm³/mol. The molecule has 1 aliphatic heterocycles. The highest BCUT2D eigenvalue weighted by Gasteiger charge is 2.19. The van der Waals surface area contributed by atoms with E-state index >= 15 is 0 Å². The van der Waals surface area contributed by atoms with Crippen molar-refractivity contribution in [2.75, 3.05) is 25.5 Å². The minimum absolute atomic E-state index is 0.532. The number of carbonyl (C=O) groups excluding carboxylic acids is 1. The zero-order valence-electron chi connectivity index (χ0n) is 20.9. The number of rotatable bonds is 7. The van der Waals surface area contributed by atoms with Crippen molar-refractivity contribution >= 4 is 23.9 Å². The van der Waals surface area contributed by atoms with E-state index in [1.54, 1.807) is 10.9 Å². The number of benzene rings is 1. The van der Waals surface area contributed by atoms with E-state index in [-0.39, 0.29) is 0 Å². The quantitative estimate of drug-likeness (QED) is 0.429. The topological polar surface area (TPSA) is 83.9 Å². The maximum Gasteiger partial charge on any atom is 0.154 e. The first-order valence-corrected chi connectivity index (χ1v) is 12.0. The third-order valence-electron chi connectivity index (χ3n) is 6.02. The van der Waals surface area contributed by atoms with Gasteiger partial charge in [0, 0.05) is 31.5 Å². The van der Waals surface area contributed by atoms with Crippen LogP contribution in [0.1, 0.15) is 59.7 Å². The Bertz CT molecular complexity index is 1110. The summed E-state index contributed by atoms with van der Waals surface area (Å²) in [6.07, 6.45) is 10.6. The van der Waals surface area contributed by atoms with E-state index in [1.165, 1.54) is 5.56 Å². The second kappa shape index (κ2) is 12.1. The van der Waals surface area contributed by atoms with Crippen molar-refractivity contribution in [3.8, 4) is 11.3 Å². The Balaban J connectivity index is 0.00000158. The molecule has 3 aromatic rings. The lowest BCUT2D eigenvalue weighted by atomic mass is 9.90. The Morgan fingerprint density at radius 2 is 1.82 bits per heavy atom. The molecule has 34 heavy (non-hydrogen) atoms. The van der Waals surface area contributed by atoms with Gasteiger partial charge in [-0.25, -0.2) is 4.98 Å². The molecule has 7 nitrogen and oxygen atoms in total. The second-order valence-corrected chi connectivity index (χ2v) is 8.18. The van der Waals surface area contributed by atoms with Gasteiger partial charge in [-0.15, -0.1) is 0 Å². The van der Waals surface area contributed by atoms with Gasteiger partial charge in [0.1, 0.15) is 5.82 Å². The summed E-state index contributed by atoms with van der Waals surface area (Å²) < 4.78 is 1.75. The third-order valence-corrected chi connectivity index (χ3v) is 6.02. The molecule has 180 valence electrons. The van der Waals surface area contributed by atoms with E-state index in [2.05, 4.69) is 45.3 Å². The highest BCUT2D eigenvalue weighted by atomic mass is 16.1. The maximum absolute atomic E-state index is 12.1. The first kappa shape index (κ1) is 25.2. The van der Waals surface area contributed by atoms with Gasteiger partial charge in [-0.05, 0) is 79.9 Å². The fraction of sp³-hybridized carbons (Fsp3) is 0.370. The van der Waals surface area contributed by atoms with Crippen LogP contribution in [0.4, 0.5) is 11.5 Å². The van der Waals surface area contributed by atoms with Crippen molar-refractivity contribution in [1.29, 1.82) is 0 Å². The molecule has 3 N–H and O–H groups in total. The van der Waals surface area contributed by atoms with Crippen molar-refractivity contribution in [3.05, 3.63) is 65.1 Å². The van der Waals surface area contributed by atoms with Crippen LogP contribution in [-0.2, 0) is 7.05 Å². The monoisotopic (exact) mass is 460 g/mol. The summed E-state index contributed by atoms with van der Waals surface area (Å²) in [6.45, 7) is 8.12. The molecular weight excluding hydrogens is 424 g/mol. The highest BCUT2D eigenvalue weighted by molar-refractivity contribution is 5.92. The van der Waals surface area contributed by atoms with Gasteiger partial charge in [-0.1, -0.05) is 26.0 Å². The predicted octanol–water partition coefficient (Wildman–Crippen LogP) is 5.03. The average Bonchev–Trinajstić information content (AvgIpc) is 3.32. The van der Waals surface area contributed by atoms with Crippen LogP contribution in [0.5, 0.6) is 0 Å². The molecule has 4 rings (SSSR count). The molecular formula is C27H36N6O. The number of aromatic nitrogens is 3. The largest absolute Gasteiger partial charge is 0.394 e. The Morgan fingerprint density at radius 3 is 2.41 bits per heavy atom. The van der Waals surface area contributed by atoms with Crippen LogP contribution < -0.4 is 16.0 Å². The second-order valence-electron chi connectivity index (χ2n) is 8.18. The van der Waals surface area contributed by atoms with Crippen LogP contribution in [0, 0.1) is 6.92 Å². The molecule has 2 aromatic heterocycles. The Kier molecular flexibility index (Phi) is 8.99. The van der Waals surface area contributed by atoms with Gasteiger partial charge < -0.3 is 16.0 Å². The van der Waals surface area contributed by atoms with Crippen molar-refractivity contribution in [1.82, 2.24) is 25.4 Å². The number of hydrogen-bond donors (Lipinski definition) is 3. The smallest absolute Gasteiger partial charge is 0.154 e. The molecule has 0 radical (unpaired) electrons. The lowest BCUT2D eigenvalue weighted by Gasteiger charge is -2.23. The third kappa shape index (κ3) is 5.72. The maximum atomic E-state index is 12.1. The van der Waals surface area contributed by atoms with Crippen LogP contribution in [0.25, 0.3) is 17.3 Å². The van der Waals surface area contributed by atoms with Gasteiger partial charge in [0.15, 0.2) is 6.29 Å². The molecule has 0 atom stereocenters. The number of pyridine rings is 1. The van der Waals surface area contributed by atoms with Crippen LogP contribution >= 0.6 is 0 Å². The Morgan fingerprint density at radius 1 is 1.12 bits per heavy atom. The van der Waals surface area contributed by atoms with E-state index in [9.17, 15) is 4.79 Å². The van der Waals surface area contributed by atoms with Gasteiger partial charge in [-0.3, -0.25) is 9.48 Å². The lowest BCUT2D eigenvalue weighted by Crippen LogP contribution is -2.26. The molecule has 0 amide bonds. The molecule has 0 bridgehead atoms. The molecule has 7 heteroatoms. The molecule has 0 saturated carbocycles. The SMILES string of the molecule is CC.CN/C=C\c1c(C)c(-c2cnn(C)c2)nc(Nc2ccc(C3CCNCC3)cc2)c1C=O. The summed E-state index contributed by atoms with van der Waals surface area (Å²) in [5.41, 5.74) is 6.26. The minimum Gasteiger partial charge on any atom is -0.394 e. The van der Waals surface area contributed by atoms with Crippen LogP contribution in [0.2, 0.25) is 0 Å². The number of carbonyl (C=O) groups is 1. The van der Waals surface area contributed by atoms with Crippen LogP contribution in [0.3, 0.4) is 0 Å². The molecule has 0 spiro atoms. The number of nitrogens with one attached hydrogen (secondary N) is 3. The number of anilines is 2. The summed E-state index contributed by atoms with van der Waals surface area (Å²) in [5, 5.41) is 14.1. The number of piperidine rings is 1. The summed E-state index contributed by atoms with van der Waals surface area (Å²) in [5.74, 6) is 1.14. The van der Waals surface area contributed by atoms with E-state index in [0.29, 0.717) is 17.3 Å². The highest BCUT2D eigenvalue weighted by Crippen LogP contribution is 2.32. The normalized spacial score (nSPS) is 13.9. The number of aldehydes is 1. The van der Waals surface area contributed by atoms with Crippen molar-refractivity contribution in [3.63, 3.8) is 0 Å². The van der Waals surface area contributed by atoms with E-state index in [4.69, 9.17) is 4.98 Å². The van der Waals surface area contributed by atoms with Crippen molar-refractivity contribution in [2.45, 2.75) is 39.5 Å². The van der Waals surface area contributed by atoms with Crippen molar-refractivity contribution in [2.24, 2.45) is 7.05 Å².